The fourth-order valence-electron chi connectivity index (χ4n) is 3.48. The lowest BCUT2D eigenvalue weighted by atomic mass is 10.0. The lowest BCUT2D eigenvalue weighted by Gasteiger charge is -2.11. The van der Waals surface area contributed by atoms with E-state index in [1.165, 1.54) is 31.5 Å². The largest absolute Gasteiger partial charge is 0.469 e. The Kier molecular flexibility index (Phi) is 9.46. The summed E-state index contributed by atoms with van der Waals surface area (Å²) in [5, 5.41) is 7.22. The normalized spacial score (nSPS) is 14.7. The molecule has 1 aromatic heterocycles. The number of nitrogens with one attached hydrogen (secondary N) is 1. The van der Waals surface area contributed by atoms with Crippen molar-refractivity contribution in [3.05, 3.63) is 95.1 Å². The number of methoxy groups -OCH3 is 1. The topological polar surface area (TPSA) is 90.3 Å². The monoisotopic (exact) mass is 509 g/mol. The first kappa shape index (κ1) is 26.7. The summed E-state index contributed by atoms with van der Waals surface area (Å²) in [5.41, 5.74) is 3.06. The molecular formula is C27H28FN3O4S. The standard InChI is InChI=1S/C27H28FN3O4S/c1-4-20(16-19(2)36(34)15-14-26(32)35-3)17-29-27(33)23-8-6-5-7-9-25-24(23)18-30-31(25)22-12-10-21(28)11-13-22/h4,7-13,16-18H,1,5-6,14-15H2,2-3H3,(H,29,33)/b9-7?,19-16+,20-17-,23-8?. The summed E-state index contributed by atoms with van der Waals surface area (Å²) in [6.07, 6.45) is 13.6. The second-order valence-corrected chi connectivity index (χ2v) is 9.63. The van der Waals surface area contributed by atoms with Crippen molar-refractivity contribution in [3.8, 4) is 5.69 Å². The second kappa shape index (κ2) is 12.7. The minimum atomic E-state index is -1.37. The molecule has 3 rings (SSSR count). The van der Waals surface area contributed by atoms with E-state index in [0.717, 1.165) is 6.42 Å². The molecule has 0 saturated carbocycles. The van der Waals surface area contributed by atoms with Crippen LogP contribution < -0.4 is 5.32 Å². The van der Waals surface area contributed by atoms with Crippen LogP contribution in [0.3, 0.4) is 0 Å². The maximum atomic E-state index is 13.4. The van der Waals surface area contributed by atoms with E-state index in [1.807, 2.05) is 18.2 Å². The number of nitrogens with zero attached hydrogens (tertiary/aromatic N) is 2. The molecule has 0 fully saturated rings. The van der Waals surface area contributed by atoms with Crippen LogP contribution >= 0.6 is 0 Å². The van der Waals surface area contributed by atoms with Crippen molar-refractivity contribution in [1.82, 2.24) is 15.1 Å². The number of halogens is 1. The Labute approximate surface area is 212 Å². The first-order chi connectivity index (χ1) is 17.3. The summed E-state index contributed by atoms with van der Waals surface area (Å²) in [5.74, 6) is -0.951. The number of allylic oxidation sites excluding steroid dienone is 6. The van der Waals surface area contributed by atoms with Crippen molar-refractivity contribution in [2.75, 3.05) is 12.9 Å². The van der Waals surface area contributed by atoms with E-state index in [-0.39, 0.29) is 23.9 Å². The quantitative estimate of drug-likeness (QED) is 0.394. The highest BCUT2D eigenvalue weighted by Crippen LogP contribution is 2.26. The Hall–Kier alpha value is -3.85. The average Bonchev–Trinajstić information content (AvgIpc) is 3.27. The predicted molar refractivity (Wildman–Crippen MR) is 140 cm³/mol. The van der Waals surface area contributed by atoms with Gasteiger partial charge in [-0.15, -0.1) is 0 Å². The van der Waals surface area contributed by atoms with E-state index in [1.54, 1.807) is 36.0 Å². The van der Waals surface area contributed by atoms with Crippen LogP contribution in [-0.2, 0) is 25.1 Å². The van der Waals surface area contributed by atoms with Gasteiger partial charge in [0.2, 0.25) is 0 Å². The maximum absolute atomic E-state index is 13.4. The average molecular weight is 510 g/mol. The zero-order chi connectivity index (χ0) is 26.1. The Morgan fingerprint density at radius 3 is 2.72 bits per heavy atom. The number of aromatic nitrogens is 2. The lowest BCUT2D eigenvalue weighted by Crippen LogP contribution is -2.19. The molecule has 9 heteroatoms. The number of fused-ring (bicyclic) bond motifs is 1. The number of carbonyl (C=O) groups is 2. The van der Waals surface area contributed by atoms with Crippen molar-refractivity contribution in [1.29, 1.82) is 0 Å². The lowest BCUT2D eigenvalue weighted by molar-refractivity contribution is -0.140. The van der Waals surface area contributed by atoms with Gasteiger partial charge in [-0.1, -0.05) is 24.8 Å². The van der Waals surface area contributed by atoms with Gasteiger partial charge in [0.05, 0.1) is 31.1 Å². The first-order valence-corrected chi connectivity index (χ1v) is 12.6. The molecule has 0 spiro atoms. The van der Waals surface area contributed by atoms with E-state index in [0.29, 0.717) is 39.4 Å². The minimum Gasteiger partial charge on any atom is -0.469 e. The summed E-state index contributed by atoms with van der Waals surface area (Å²) < 4.78 is 32.0. The summed E-state index contributed by atoms with van der Waals surface area (Å²) in [4.78, 5) is 25.0. The minimum absolute atomic E-state index is 0.0503. The van der Waals surface area contributed by atoms with Crippen LogP contribution in [0.15, 0.2) is 78.0 Å². The van der Waals surface area contributed by atoms with Crippen molar-refractivity contribution < 1.29 is 22.9 Å². The Morgan fingerprint density at radius 1 is 1.28 bits per heavy atom. The third-order valence-electron chi connectivity index (χ3n) is 5.42. The molecule has 1 atom stereocenters. The van der Waals surface area contributed by atoms with Crippen molar-refractivity contribution in [2.24, 2.45) is 0 Å². The number of amides is 1. The summed E-state index contributed by atoms with van der Waals surface area (Å²) >= 11 is 0. The van der Waals surface area contributed by atoms with Gasteiger partial charge in [0.15, 0.2) is 0 Å². The molecule has 1 aliphatic carbocycles. The van der Waals surface area contributed by atoms with Gasteiger partial charge >= 0.3 is 5.97 Å². The molecule has 0 radical (unpaired) electrons. The van der Waals surface area contributed by atoms with E-state index >= 15 is 0 Å². The fourth-order valence-corrected chi connectivity index (χ4v) is 4.42. The third kappa shape index (κ3) is 6.85. The van der Waals surface area contributed by atoms with E-state index in [9.17, 15) is 18.2 Å². The molecule has 1 N–H and O–H groups in total. The number of ether oxygens (including phenoxy) is 1. The third-order valence-corrected chi connectivity index (χ3v) is 6.83. The zero-order valence-electron chi connectivity index (χ0n) is 20.2. The highest BCUT2D eigenvalue weighted by Gasteiger charge is 2.20. The Bertz CT molecular complexity index is 1290. The van der Waals surface area contributed by atoms with Gasteiger partial charge in [0, 0.05) is 38.8 Å². The number of hydrogen-bond donors (Lipinski definition) is 1. The summed E-state index contributed by atoms with van der Waals surface area (Å²) in [6, 6.07) is 5.97. The number of benzene rings is 1. The highest BCUT2D eigenvalue weighted by molar-refractivity contribution is 7.88. The Morgan fingerprint density at radius 2 is 2.03 bits per heavy atom. The molecule has 1 aromatic carbocycles. The smallest absolute Gasteiger partial charge is 0.306 e. The molecular weight excluding hydrogens is 481 g/mol. The van der Waals surface area contributed by atoms with Crippen molar-refractivity contribution in [3.63, 3.8) is 0 Å². The SMILES string of the molecule is C=CC(=C/NC(=O)C1=CCCC=Cc2c1cnn2-c1ccc(F)cc1)/C=C(\C)S(=O)CCC(=O)OC. The molecule has 1 amide bonds. The van der Waals surface area contributed by atoms with Gasteiger partial charge in [-0.3, -0.25) is 13.8 Å². The van der Waals surface area contributed by atoms with E-state index in [2.05, 4.69) is 21.7 Å². The van der Waals surface area contributed by atoms with Gasteiger partial charge in [-0.2, -0.15) is 5.10 Å². The Balaban J connectivity index is 1.81. The summed E-state index contributed by atoms with van der Waals surface area (Å²) in [6.45, 7) is 5.44. The molecule has 1 unspecified atom stereocenters. The number of hydrogen-bond acceptors (Lipinski definition) is 5. The molecule has 1 aliphatic rings. The van der Waals surface area contributed by atoms with Crippen molar-refractivity contribution in [2.45, 2.75) is 26.2 Å². The van der Waals surface area contributed by atoms with Crippen LogP contribution in [0.4, 0.5) is 4.39 Å². The van der Waals surface area contributed by atoms with Gasteiger partial charge < -0.3 is 10.1 Å². The van der Waals surface area contributed by atoms with Crippen molar-refractivity contribution >= 4 is 34.3 Å². The van der Waals surface area contributed by atoms with Gasteiger partial charge in [0.1, 0.15) is 5.82 Å². The predicted octanol–water partition coefficient (Wildman–Crippen LogP) is 4.60. The van der Waals surface area contributed by atoms with Crippen LogP contribution in [0.1, 0.15) is 37.4 Å². The van der Waals surface area contributed by atoms with Crippen LogP contribution in [-0.4, -0.2) is 38.7 Å². The van der Waals surface area contributed by atoms with Crippen LogP contribution in [0, 0.1) is 5.82 Å². The van der Waals surface area contributed by atoms with E-state index < -0.39 is 16.8 Å². The molecule has 0 aliphatic heterocycles. The molecule has 188 valence electrons. The molecule has 1 heterocycles. The van der Waals surface area contributed by atoms with Gasteiger partial charge in [-0.05, 0) is 61.8 Å². The second-order valence-electron chi connectivity index (χ2n) is 7.88. The molecule has 0 bridgehead atoms. The molecule has 2 aromatic rings. The summed E-state index contributed by atoms with van der Waals surface area (Å²) in [7, 11) is -0.0879. The maximum Gasteiger partial charge on any atom is 0.306 e. The highest BCUT2D eigenvalue weighted by atomic mass is 32.2. The fraction of sp³-hybridized carbons (Fsp3) is 0.222. The van der Waals surface area contributed by atoms with Gasteiger partial charge in [0.25, 0.3) is 5.91 Å². The zero-order valence-corrected chi connectivity index (χ0v) is 21.0. The van der Waals surface area contributed by atoms with E-state index in [4.69, 9.17) is 0 Å². The molecule has 36 heavy (non-hydrogen) atoms. The first-order valence-electron chi connectivity index (χ1n) is 11.3. The number of rotatable bonds is 9. The number of carbonyl (C=O) groups excluding carboxylic acids is 2. The van der Waals surface area contributed by atoms with Gasteiger partial charge in [-0.25, -0.2) is 9.07 Å². The number of esters is 1. The van der Waals surface area contributed by atoms with Crippen LogP contribution in [0.25, 0.3) is 17.3 Å². The van der Waals surface area contributed by atoms with Crippen LogP contribution in [0.2, 0.25) is 0 Å². The van der Waals surface area contributed by atoms with Crippen LogP contribution in [0.5, 0.6) is 0 Å². The molecule has 0 saturated heterocycles. The molecule has 7 nitrogen and oxygen atoms in total.